The number of nitriles is 1. The van der Waals surface area contributed by atoms with Crippen LogP contribution in [0.2, 0.25) is 0 Å². The maximum Gasteiger partial charge on any atom is 0.262 e. The highest BCUT2D eigenvalue weighted by atomic mass is 16.2. The maximum atomic E-state index is 12.6. The second-order valence-corrected chi connectivity index (χ2v) is 7.12. The first-order valence-electron chi connectivity index (χ1n) is 9.64. The molecule has 6 nitrogen and oxygen atoms in total. The van der Waals surface area contributed by atoms with Crippen molar-refractivity contribution < 1.29 is 9.59 Å². The number of carbonyl (C=O) groups is 2. The number of amides is 2. The summed E-state index contributed by atoms with van der Waals surface area (Å²) in [5, 5.41) is 15.3. The average molecular weight is 376 g/mol. The topological polar surface area (TPSA) is 94.4 Å². The van der Waals surface area contributed by atoms with Gasteiger partial charge in [-0.3, -0.25) is 14.6 Å². The van der Waals surface area contributed by atoms with Crippen LogP contribution in [0, 0.1) is 17.2 Å². The molecule has 0 radical (unpaired) electrons. The van der Waals surface area contributed by atoms with E-state index in [2.05, 4.69) is 15.6 Å². The van der Waals surface area contributed by atoms with Gasteiger partial charge in [-0.25, -0.2) is 0 Å². The second kappa shape index (κ2) is 9.14. The number of hydrogen-bond acceptors (Lipinski definition) is 4. The van der Waals surface area contributed by atoms with E-state index >= 15 is 0 Å². The van der Waals surface area contributed by atoms with Crippen molar-refractivity contribution in [1.82, 2.24) is 5.32 Å². The molecule has 0 bridgehead atoms. The molecular weight excluding hydrogens is 352 g/mol. The molecule has 28 heavy (non-hydrogen) atoms. The predicted molar refractivity (Wildman–Crippen MR) is 108 cm³/mol. The highest BCUT2D eigenvalue weighted by Gasteiger charge is 2.34. The minimum Gasteiger partial charge on any atom is -0.344 e. The van der Waals surface area contributed by atoms with Gasteiger partial charge in [-0.05, 0) is 54.5 Å². The monoisotopic (exact) mass is 376 g/mol. The lowest BCUT2D eigenvalue weighted by Gasteiger charge is -2.19. The smallest absolute Gasteiger partial charge is 0.262 e. The van der Waals surface area contributed by atoms with Crippen LogP contribution in [0.1, 0.15) is 50.6 Å². The third kappa shape index (κ3) is 5.17. The number of anilines is 1. The molecule has 3 rings (SSSR count). The van der Waals surface area contributed by atoms with E-state index in [1.54, 1.807) is 18.5 Å². The molecule has 1 fully saturated rings. The maximum absolute atomic E-state index is 12.6. The lowest BCUT2D eigenvalue weighted by Crippen LogP contribution is -2.30. The summed E-state index contributed by atoms with van der Waals surface area (Å²) in [5.74, 6) is 0.00210. The van der Waals surface area contributed by atoms with Crippen molar-refractivity contribution in [2.24, 2.45) is 10.9 Å². The number of carbonyl (C=O) groups excluding carboxylic acids is 2. The first-order chi connectivity index (χ1) is 13.6. The molecule has 144 valence electrons. The first-order valence-corrected chi connectivity index (χ1v) is 9.64. The lowest BCUT2D eigenvalue weighted by molar-refractivity contribution is -0.118. The van der Waals surface area contributed by atoms with E-state index in [1.165, 1.54) is 0 Å². The zero-order valence-electron chi connectivity index (χ0n) is 15.9. The van der Waals surface area contributed by atoms with Crippen LogP contribution >= 0.6 is 0 Å². The molecule has 1 heterocycles. The highest BCUT2D eigenvalue weighted by Crippen LogP contribution is 2.41. The zero-order valence-corrected chi connectivity index (χ0v) is 15.9. The number of rotatable bonds is 8. The molecule has 0 spiro atoms. The number of benzene rings is 1. The van der Waals surface area contributed by atoms with E-state index in [-0.39, 0.29) is 23.4 Å². The standard InChI is InChI=1S/C22H24N4O2/c1-2-3-20(27)25-19-8-6-17(7-9-19)21(16-4-5-16)26-22(28)18(13-23)12-15-10-11-24-14-15/h6-9,11-12,14,16,21H,2-5,10H2,1H3,(H,25,27)(H,26,28)/b18-12+. The van der Waals surface area contributed by atoms with Crippen molar-refractivity contribution in [1.29, 1.82) is 5.26 Å². The summed E-state index contributed by atoms with van der Waals surface area (Å²) < 4.78 is 0. The summed E-state index contributed by atoms with van der Waals surface area (Å²) in [6, 6.07) is 9.41. The van der Waals surface area contributed by atoms with Gasteiger partial charge in [0.1, 0.15) is 11.6 Å². The van der Waals surface area contributed by atoms with Crippen LogP contribution in [-0.2, 0) is 9.59 Å². The molecule has 1 unspecified atom stereocenters. The van der Waals surface area contributed by atoms with Gasteiger partial charge in [0.05, 0.1) is 6.04 Å². The summed E-state index contributed by atoms with van der Waals surface area (Å²) in [6.07, 6.45) is 9.02. The Hall–Kier alpha value is -3.20. The van der Waals surface area contributed by atoms with E-state index in [0.717, 1.165) is 36.1 Å². The van der Waals surface area contributed by atoms with E-state index in [4.69, 9.17) is 0 Å². The Balaban J connectivity index is 1.69. The van der Waals surface area contributed by atoms with Gasteiger partial charge in [0.2, 0.25) is 5.91 Å². The van der Waals surface area contributed by atoms with Crippen LogP contribution < -0.4 is 10.6 Å². The van der Waals surface area contributed by atoms with Gasteiger partial charge in [0.25, 0.3) is 5.91 Å². The molecule has 6 heteroatoms. The van der Waals surface area contributed by atoms with Crippen LogP contribution in [0.5, 0.6) is 0 Å². The molecule has 1 saturated carbocycles. The molecule has 1 aliphatic heterocycles. The van der Waals surface area contributed by atoms with Crippen LogP contribution in [0.4, 0.5) is 5.69 Å². The van der Waals surface area contributed by atoms with Crippen LogP contribution in [0.3, 0.4) is 0 Å². The Labute approximate surface area is 165 Å². The number of nitrogens with zero attached hydrogens (tertiary/aromatic N) is 2. The minimum atomic E-state index is -0.368. The van der Waals surface area contributed by atoms with Gasteiger partial charge in [-0.15, -0.1) is 0 Å². The molecule has 2 amide bonds. The van der Waals surface area contributed by atoms with Crippen LogP contribution in [0.25, 0.3) is 0 Å². The average Bonchev–Trinajstić information content (AvgIpc) is 3.40. The number of allylic oxidation sites excluding steroid dienone is 2. The molecule has 0 saturated heterocycles. The fourth-order valence-electron chi connectivity index (χ4n) is 3.14. The molecule has 1 atom stereocenters. The van der Waals surface area contributed by atoms with E-state index in [0.29, 0.717) is 18.8 Å². The third-order valence-corrected chi connectivity index (χ3v) is 4.78. The van der Waals surface area contributed by atoms with Crippen molar-refractivity contribution in [3.8, 4) is 6.07 Å². The summed E-state index contributed by atoms with van der Waals surface area (Å²) in [4.78, 5) is 28.4. The Morgan fingerprint density at radius 1 is 1.32 bits per heavy atom. The second-order valence-electron chi connectivity index (χ2n) is 7.12. The van der Waals surface area contributed by atoms with Crippen LogP contribution in [0.15, 0.2) is 52.7 Å². The summed E-state index contributed by atoms with van der Waals surface area (Å²) in [6.45, 7) is 1.96. The van der Waals surface area contributed by atoms with Gasteiger partial charge >= 0.3 is 0 Å². The zero-order chi connectivity index (χ0) is 19.9. The predicted octanol–water partition coefficient (Wildman–Crippen LogP) is 3.80. The van der Waals surface area contributed by atoms with E-state index in [1.807, 2.05) is 37.3 Å². The van der Waals surface area contributed by atoms with Crippen molar-refractivity contribution in [2.75, 3.05) is 5.32 Å². The van der Waals surface area contributed by atoms with Crippen molar-refractivity contribution in [3.05, 3.63) is 53.3 Å². The Morgan fingerprint density at radius 2 is 2.07 bits per heavy atom. The largest absolute Gasteiger partial charge is 0.344 e. The molecule has 1 aromatic carbocycles. The Kier molecular flexibility index (Phi) is 6.38. The summed E-state index contributed by atoms with van der Waals surface area (Å²) in [5.41, 5.74) is 2.66. The summed E-state index contributed by atoms with van der Waals surface area (Å²) in [7, 11) is 0. The SMILES string of the molecule is CCCC(=O)Nc1ccc(C(NC(=O)/C(C#N)=C/C2=CN=CC2)C2CC2)cc1. The molecule has 2 N–H and O–H groups in total. The first kappa shape index (κ1) is 19.6. The van der Waals surface area contributed by atoms with E-state index in [9.17, 15) is 14.9 Å². The molecule has 0 aromatic heterocycles. The number of aliphatic imine (C=N–C) groups is 1. The molecular formula is C22H24N4O2. The Bertz CT molecular complexity index is 871. The Morgan fingerprint density at radius 3 is 2.64 bits per heavy atom. The van der Waals surface area contributed by atoms with Gasteiger partial charge in [-0.2, -0.15) is 5.26 Å². The van der Waals surface area contributed by atoms with Gasteiger partial charge in [0.15, 0.2) is 0 Å². The highest BCUT2D eigenvalue weighted by molar-refractivity contribution is 5.98. The fourth-order valence-corrected chi connectivity index (χ4v) is 3.14. The molecule has 1 aromatic rings. The normalized spacial score (nSPS) is 16.9. The fraction of sp³-hybridized carbons (Fsp3) is 0.364. The van der Waals surface area contributed by atoms with Gasteiger partial charge in [0, 0.05) is 30.9 Å². The molecule has 2 aliphatic rings. The number of hydrogen-bond donors (Lipinski definition) is 2. The van der Waals surface area contributed by atoms with Crippen LogP contribution in [-0.4, -0.2) is 18.0 Å². The molecule has 1 aliphatic carbocycles. The summed E-state index contributed by atoms with van der Waals surface area (Å²) >= 11 is 0. The van der Waals surface area contributed by atoms with Crippen molar-refractivity contribution >= 4 is 23.7 Å². The van der Waals surface area contributed by atoms with Crippen molar-refractivity contribution in [2.45, 2.75) is 45.1 Å². The lowest BCUT2D eigenvalue weighted by atomic mass is 10.0. The van der Waals surface area contributed by atoms with Gasteiger partial charge in [-0.1, -0.05) is 19.1 Å². The number of nitrogens with one attached hydrogen (secondary N) is 2. The minimum absolute atomic E-state index is 0.00343. The van der Waals surface area contributed by atoms with Crippen molar-refractivity contribution in [3.63, 3.8) is 0 Å². The quantitative estimate of drug-likeness (QED) is 0.534. The van der Waals surface area contributed by atoms with E-state index < -0.39 is 0 Å². The third-order valence-electron chi connectivity index (χ3n) is 4.78. The van der Waals surface area contributed by atoms with Gasteiger partial charge < -0.3 is 10.6 Å².